The van der Waals surface area contributed by atoms with E-state index in [0.29, 0.717) is 11.3 Å². The molecule has 0 radical (unpaired) electrons. The number of anilines is 2. The van der Waals surface area contributed by atoms with Crippen LogP contribution in [0.2, 0.25) is 0 Å². The highest BCUT2D eigenvalue weighted by Crippen LogP contribution is 2.23. The molecule has 0 unspecified atom stereocenters. The number of aromatic nitrogens is 1. The molecule has 0 aliphatic rings. The molecule has 0 atom stereocenters. The van der Waals surface area contributed by atoms with Gasteiger partial charge >= 0.3 is 0 Å². The Balaban J connectivity index is 2.32. The molecular weight excluding hydrogens is 224 g/mol. The minimum absolute atomic E-state index is 0.387. The van der Waals surface area contributed by atoms with E-state index >= 15 is 0 Å². The molecule has 4 nitrogen and oxygen atoms in total. The van der Waals surface area contributed by atoms with Crippen LogP contribution in [0, 0.1) is 22.7 Å². The Labute approximate surface area is 105 Å². The fourth-order valence-electron chi connectivity index (χ4n) is 1.58. The first-order chi connectivity index (χ1) is 8.74. The zero-order valence-corrected chi connectivity index (χ0v) is 9.83. The molecule has 0 aliphatic carbocycles. The first-order valence-corrected chi connectivity index (χ1v) is 5.34. The lowest BCUT2D eigenvalue weighted by Gasteiger charge is -2.19. The summed E-state index contributed by atoms with van der Waals surface area (Å²) in [5, 5.41) is 17.6. The van der Waals surface area contributed by atoms with Gasteiger partial charge in [-0.25, -0.2) is 4.98 Å². The molecular formula is C14H10N4. The summed E-state index contributed by atoms with van der Waals surface area (Å²) in [4.78, 5) is 5.93. The van der Waals surface area contributed by atoms with Crippen molar-refractivity contribution in [2.24, 2.45) is 0 Å². The molecule has 0 saturated carbocycles. The van der Waals surface area contributed by atoms with E-state index in [0.717, 1.165) is 11.4 Å². The van der Waals surface area contributed by atoms with Crippen LogP contribution in [-0.4, -0.2) is 12.0 Å². The van der Waals surface area contributed by atoms with Crippen molar-refractivity contribution >= 4 is 11.4 Å². The number of rotatable bonds is 2. The van der Waals surface area contributed by atoms with Crippen LogP contribution < -0.4 is 4.90 Å². The maximum absolute atomic E-state index is 8.87. The Hall–Kier alpha value is -2.85. The van der Waals surface area contributed by atoms with Crippen LogP contribution in [-0.2, 0) is 0 Å². The number of nitrogens with zero attached hydrogens (tertiary/aromatic N) is 4. The predicted molar refractivity (Wildman–Crippen MR) is 68.2 cm³/mol. The van der Waals surface area contributed by atoms with E-state index in [4.69, 9.17) is 10.5 Å². The molecule has 18 heavy (non-hydrogen) atoms. The van der Waals surface area contributed by atoms with Crippen LogP contribution in [0.5, 0.6) is 0 Å². The van der Waals surface area contributed by atoms with Gasteiger partial charge in [0.25, 0.3) is 0 Å². The number of nitriles is 2. The van der Waals surface area contributed by atoms with E-state index in [1.807, 2.05) is 36.2 Å². The van der Waals surface area contributed by atoms with Gasteiger partial charge in [-0.15, -0.1) is 0 Å². The summed E-state index contributed by atoms with van der Waals surface area (Å²) >= 11 is 0. The summed E-state index contributed by atoms with van der Waals surface area (Å²) < 4.78 is 0. The Kier molecular flexibility index (Phi) is 3.22. The van der Waals surface area contributed by atoms with Gasteiger partial charge in [0, 0.05) is 12.7 Å². The van der Waals surface area contributed by atoms with Gasteiger partial charge in [-0.3, -0.25) is 0 Å². The normalized spacial score (nSPS) is 9.28. The summed E-state index contributed by atoms with van der Waals surface area (Å²) in [6.07, 6.45) is 1.64. The zero-order valence-electron chi connectivity index (χ0n) is 9.83. The van der Waals surface area contributed by atoms with Gasteiger partial charge in [0.2, 0.25) is 0 Å². The lowest BCUT2D eigenvalue weighted by Crippen LogP contribution is -2.09. The number of pyridine rings is 1. The smallest absolute Gasteiger partial charge is 0.140 e. The Morgan fingerprint density at radius 1 is 1.06 bits per heavy atom. The molecule has 0 spiro atoms. The molecule has 4 heteroatoms. The monoisotopic (exact) mass is 234 g/mol. The second-order valence-corrected chi connectivity index (χ2v) is 3.73. The third kappa shape index (κ3) is 2.28. The van der Waals surface area contributed by atoms with Crippen molar-refractivity contribution in [2.45, 2.75) is 0 Å². The lowest BCUT2D eigenvalue weighted by molar-refractivity contribution is 1.16. The highest BCUT2D eigenvalue weighted by molar-refractivity contribution is 5.63. The standard InChI is InChI=1S/C14H10N4/c1-18(13-4-2-3-11(7-13)8-15)14-6-5-12(9-16)17-10-14/h2-7,10H,1H3. The maximum Gasteiger partial charge on any atom is 0.140 e. The van der Waals surface area contributed by atoms with E-state index < -0.39 is 0 Å². The van der Waals surface area contributed by atoms with Gasteiger partial charge in [-0.1, -0.05) is 6.07 Å². The van der Waals surface area contributed by atoms with Crippen molar-refractivity contribution in [2.75, 3.05) is 11.9 Å². The number of benzene rings is 1. The molecule has 0 aliphatic heterocycles. The molecule has 0 N–H and O–H groups in total. The van der Waals surface area contributed by atoms with Crippen LogP contribution in [0.25, 0.3) is 0 Å². The molecule has 2 rings (SSSR count). The molecule has 0 amide bonds. The molecule has 0 saturated heterocycles. The van der Waals surface area contributed by atoms with Gasteiger partial charge < -0.3 is 4.90 Å². The van der Waals surface area contributed by atoms with E-state index in [2.05, 4.69) is 11.1 Å². The number of hydrogen-bond acceptors (Lipinski definition) is 4. The van der Waals surface area contributed by atoms with Crippen LogP contribution in [0.3, 0.4) is 0 Å². The van der Waals surface area contributed by atoms with Crippen molar-refractivity contribution in [1.29, 1.82) is 10.5 Å². The van der Waals surface area contributed by atoms with E-state index in [1.54, 1.807) is 24.4 Å². The largest absolute Gasteiger partial charge is 0.343 e. The van der Waals surface area contributed by atoms with Crippen molar-refractivity contribution in [3.8, 4) is 12.1 Å². The fraction of sp³-hybridized carbons (Fsp3) is 0.0714. The Morgan fingerprint density at radius 3 is 2.50 bits per heavy atom. The third-order valence-electron chi connectivity index (χ3n) is 2.61. The highest BCUT2D eigenvalue weighted by Gasteiger charge is 2.05. The van der Waals surface area contributed by atoms with E-state index in [1.165, 1.54) is 0 Å². The molecule has 1 aromatic carbocycles. The second kappa shape index (κ2) is 4.99. The van der Waals surface area contributed by atoms with Crippen LogP contribution in [0.1, 0.15) is 11.3 Å². The lowest BCUT2D eigenvalue weighted by atomic mass is 10.2. The van der Waals surface area contributed by atoms with Crippen LogP contribution in [0.15, 0.2) is 42.6 Å². The number of hydrogen-bond donors (Lipinski definition) is 0. The average Bonchev–Trinajstić information content (AvgIpc) is 2.46. The minimum Gasteiger partial charge on any atom is -0.343 e. The second-order valence-electron chi connectivity index (χ2n) is 3.73. The summed E-state index contributed by atoms with van der Waals surface area (Å²) in [7, 11) is 1.89. The van der Waals surface area contributed by atoms with E-state index in [9.17, 15) is 0 Å². The Morgan fingerprint density at radius 2 is 1.89 bits per heavy atom. The quantitative estimate of drug-likeness (QED) is 0.801. The first-order valence-electron chi connectivity index (χ1n) is 5.34. The van der Waals surface area contributed by atoms with Gasteiger partial charge in [-0.2, -0.15) is 10.5 Å². The molecule has 0 bridgehead atoms. The van der Waals surface area contributed by atoms with Crippen molar-refractivity contribution in [3.63, 3.8) is 0 Å². The van der Waals surface area contributed by atoms with Crippen LogP contribution >= 0.6 is 0 Å². The average molecular weight is 234 g/mol. The van der Waals surface area contributed by atoms with E-state index in [-0.39, 0.29) is 0 Å². The predicted octanol–water partition coefficient (Wildman–Crippen LogP) is 2.59. The molecule has 2 aromatic rings. The summed E-state index contributed by atoms with van der Waals surface area (Å²) in [5.74, 6) is 0. The van der Waals surface area contributed by atoms with Crippen molar-refractivity contribution in [1.82, 2.24) is 4.98 Å². The zero-order chi connectivity index (χ0) is 13.0. The third-order valence-corrected chi connectivity index (χ3v) is 2.61. The first kappa shape index (κ1) is 11.6. The minimum atomic E-state index is 0.387. The maximum atomic E-state index is 8.87. The van der Waals surface area contributed by atoms with Crippen LogP contribution in [0.4, 0.5) is 11.4 Å². The molecule has 0 fully saturated rings. The highest BCUT2D eigenvalue weighted by atomic mass is 15.1. The van der Waals surface area contributed by atoms with Gasteiger partial charge in [0.1, 0.15) is 11.8 Å². The van der Waals surface area contributed by atoms with Crippen molar-refractivity contribution < 1.29 is 0 Å². The topological polar surface area (TPSA) is 63.7 Å². The fourth-order valence-corrected chi connectivity index (χ4v) is 1.58. The van der Waals surface area contributed by atoms with Gasteiger partial charge in [0.15, 0.2) is 0 Å². The van der Waals surface area contributed by atoms with Crippen molar-refractivity contribution in [3.05, 3.63) is 53.9 Å². The van der Waals surface area contributed by atoms with Gasteiger partial charge in [-0.05, 0) is 30.3 Å². The summed E-state index contributed by atoms with van der Waals surface area (Å²) in [6, 6.07) is 14.9. The SMILES string of the molecule is CN(c1ccc(C#N)nc1)c1cccc(C#N)c1. The molecule has 1 aromatic heterocycles. The molecule has 86 valence electrons. The summed E-state index contributed by atoms with van der Waals surface area (Å²) in [6.45, 7) is 0. The summed E-state index contributed by atoms with van der Waals surface area (Å²) in [5.41, 5.74) is 2.77. The molecule has 1 heterocycles. The van der Waals surface area contributed by atoms with Gasteiger partial charge in [0.05, 0.1) is 23.5 Å². The Bertz CT molecular complexity index is 632.